The predicted molar refractivity (Wildman–Crippen MR) is 102 cm³/mol. The van der Waals surface area contributed by atoms with Crippen LogP contribution >= 0.6 is 22.6 Å². The Morgan fingerprint density at radius 2 is 2.08 bits per heavy atom. The third-order valence-electron chi connectivity index (χ3n) is 4.12. The molecule has 0 aliphatic carbocycles. The summed E-state index contributed by atoms with van der Waals surface area (Å²) in [5.74, 6) is -0.572. The van der Waals surface area contributed by atoms with Crippen molar-refractivity contribution in [2.75, 3.05) is 5.32 Å². The van der Waals surface area contributed by atoms with Crippen LogP contribution in [0.25, 0.3) is 0 Å². The highest BCUT2D eigenvalue weighted by molar-refractivity contribution is 14.1. The van der Waals surface area contributed by atoms with E-state index < -0.39 is 23.4 Å². The zero-order valence-electron chi connectivity index (χ0n) is 13.6. The van der Waals surface area contributed by atoms with Crippen molar-refractivity contribution in [1.82, 2.24) is 9.55 Å². The molecule has 1 fully saturated rings. The molecule has 0 saturated carbocycles. The molecule has 0 spiro atoms. The van der Waals surface area contributed by atoms with Crippen molar-refractivity contribution in [2.45, 2.75) is 36.0 Å². The Labute approximate surface area is 157 Å². The average Bonchev–Trinajstić information content (AvgIpc) is 2.96. The zero-order valence-corrected chi connectivity index (χ0v) is 15.7. The fourth-order valence-electron chi connectivity index (χ4n) is 2.80. The van der Waals surface area contributed by atoms with Gasteiger partial charge in [-0.05, 0) is 18.6 Å². The van der Waals surface area contributed by atoms with Crippen LogP contribution in [0.1, 0.15) is 36.4 Å². The number of H-pyrrole nitrogens is 1. The normalized spacial score (nSPS) is 22.7. The van der Waals surface area contributed by atoms with E-state index in [0.29, 0.717) is 12.1 Å². The number of amides is 1. The number of rotatable bonds is 4. The van der Waals surface area contributed by atoms with E-state index in [9.17, 15) is 14.4 Å². The molecule has 2 N–H and O–H groups in total. The molecule has 1 aliphatic heterocycles. The van der Waals surface area contributed by atoms with Gasteiger partial charge in [-0.1, -0.05) is 47.7 Å². The maximum Gasteiger partial charge on any atom is 0.330 e. The number of aromatic nitrogens is 2. The highest BCUT2D eigenvalue weighted by atomic mass is 127. The third-order valence-corrected chi connectivity index (χ3v) is 5.43. The number of hydrogen-bond acceptors (Lipinski definition) is 4. The molecule has 3 atom stereocenters. The van der Waals surface area contributed by atoms with Crippen LogP contribution in [-0.2, 0) is 4.74 Å². The van der Waals surface area contributed by atoms with Crippen LogP contribution in [0.2, 0.25) is 0 Å². The number of alkyl halides is 1. The Balaban J connectivity index is 1.90. The van der Waals surface area contributed by atoms with Gasteiger partial charge >= 0.3 is 5.69 Å². The summed E-state index contributed by atoms with van der Waals surface area (Å²) in [6.45, 7) is 2.02. The van der Waals surface area contributed by atoms with Crippen molar-refractivity contribution >= 4 is 34.2 Å². The van der Waals surface area contributed by atoms with Crippen LogP contribution in [0.15, 0.2) is 46.1 Å². The summed E-state index contributed by atoms with van der Waals surface area (Å²) in [5, 5.41) is 2.65. The first-order valence-corrected chi connectivity index (χ1v) is 9.25. The highest BCUT2D eigenvalue weighted by Gasteiger charge is 2.34. The first kappa shape index (κ1) is 17.9. The van der Waals surface area contributed by atoms with Crippen molar-refractivity contribution in [3.05, 3.63) is 62.9 Å². The molecular weight excluding hydrogens is 437 g/mol. The van der Waals surface area contributed by atoms with Gasteiger partial charge in [0, 0.05) is 22.2 Å². The lowest BCUT2D eigenvalue weighted by Crippen LogP contribution is -2.36. The molecule has 1 aromatic carbocycles. The van der Waals surface area contributed by atoms with Crippen LogP contribution in [0, 0.1) is 0 Å². The van der Waals surface area contributed by atoms with Crippen LogP contribution in [-0.4, -0.2) is 25.5 Å². The first-order chi connectivity index (χ1) is 12.0. The molecule has 2 aromatic rings. The van der Waals surface area contributed by atoms with Gasteiger partial charge < -0.3 is 10.1 Å². The van der Waals surface area contributed by atoms with Gasteiger partial charge in [-0.3, -0.25) is 19.1 Å². The summed E-state index contributed by atoms with van der Waals surface area (Å²) in [7, 11) is 0. The van der Waals surface area contributed by atoms with Gasteiger partial charge in [-0.2, -0.15) is 0 Å². The Morgan fingerprint density at radius 3 is 2.72 bits per heavy atom. The summed E-state index contributed by atoms with van der Waals surface area (Å²) in [6, 6.07) is 8.81. The van der Waals surface area contributed by atoms with Gasteiger partial charge in [0.2, 0.25) is 0 Å². The fraction of sp³-hybridized carbons (Fsp3) is 0.353. The summed E-state index contributed by atoms with van der Waals surface area (Å²) < 4.78 is 7.45. The smallest absolute Gasteiger partial charge is 0.330 e. The molecule has 0 radical (unpaired) electrons. The lowest BCUT2D eigenvalue weighted by atomic mass is 10.2. The largest absolute Gasteiger partial charge is 0.354 e. The lowest BCUT2D eigenvalue weighted by Gasteiger charge is -2.15. The quantitative estimate of drug-likeness (QED) is 0.547. The summed E-state index contributed by atoms with van der Waals surface area (Å²) in [4.78, 5) is 38.8. The number of anilines is 1. The first-order valence-electron chi connectivity index (χ1n) is 8.01. The number of para-hydroxylation sites is 1. The van der Waals surface area contributed by atoms with Crippen LogP contribution in [0.5, 0.6) is 0 Å². The minimum absolute atomic E-state index is 0.0472. The number of hydrogen-bond donors (Lipinski definition) is 2. The predicted octanol–water partition coefficient (Wildman–Crippen LogP) is 2.29. The molecule has 7 nitrogen and oxygen atoms in total. The molecule has 132 valence electrons. The Morgan fingerprint density at radius 1 is 1.36 bits per heavy atom. The number of carbonyl (C=O) groups excluding carboxylic acids is 1. The zero-order chi connectivity index (χ0) is 18.0. The van der Waals surface area contributed by atoms with E-state index in [1.54, 1.807) is 24.3 Å². The summed E-state index contributed by atoms with van der Waals surface area (Å²) in [6.07, 6.45) is 2.32. The number of nitrogens with one attached hydrogen (secondary N) is 2. The summed E-state index contributed by atoms with van der Waals surface area (Å²) in [5.41, 5.74) is -0.852. The highest BCUT2D eigenvalue weighted by Crippen LogP contribution is 2.34. The van der Waals surface area contributed by atoms with Crippen molar-refractivity contribution < 1.29 is 9.53 Å². The van der Waals surface area contributed by atoms with E-state index in [4.69, 9.17) is 4.74 Å². The van der Waals surface area contributed by atoms with Crippen LogP contribution < -0.4 is 16.6 Å². The second kappa shape index (κ2) is 7.52. The Hall–Kier alpha value is -1.94. The van der Waals surface area contributed by atoms with Gasteiger partial charge in [0.25, 0.3) is 11.5 Å². The molecule has 0 bridgehead atoms. The molecule has 8 heteroatoms. The van der Waals surface area contributed by atoms with Gasteiger partial charge in [-0.25, -0.2) is 4.79 Å². The van der Waals surface area contributed by atoms with Crippen molar-refractivity contribution in [3.8, 4) is 0 Å². The Bertz CT molecular complexity index is 877. The van der Waals surface area contributed by atoms with E-state index in [1.807, 2.05) is 13.0 Å². The minimum atomic E-state index is -0.717. The van der Waals surface area contributed by atoms with Crippen LogP contribution in [0.4, 0.5) is 5.69 Å². The molecule has 1 aliphatic rings. The molecule has 1 aromatic heterocycles. The van der Waals surface area contributed by atoms with E-state index in [2.05, 4.69) is 32.9 Å². The van der Waals surface area contributed by atoms with Crippen molar-refractivity contribution in [2.24, 2.45) is 0 Å². The molecule has 25 heavy (non-hydrogen) atoms. The molecule has 3 rings (SSSR count). The second-order valence-corrected chi connectivity index (χ2v) is 7.42. The molecular formula is C17H18IN3O4. The summed E-state index contributed by atoms with van der Waals surface area (Å²) >= 11 is 2.30. The minimum Gasteiger partial charge on any atom is -0.354 e. The maximum atomic E-state index is 12.4. The third kappa shape index (κ3) is 3.84. The molecule has 1 saturated heterocycles. The molecule has 1 unspecified atom stereocenters. The van der Waals surface area contributed by atoms with Gasteiger partial charge in [0.15, 0.2) is 0 Å². The number of ether oxygens (including phenoxy) is 1. The lowest BCUT2D eigenvalue weighted by molar-refractivity contribution is -0.000910. The average molecular weight is 455 g/mol. The number of aromatic amines is 1. The maximum absolute atomic E-state index is 12.4. The van der Waals surface area contributed by atoms with E-state index in [0.717, 1.165) is 6.42 Å². The van der Waals surface area contributed by atoms with E-state index in [-0.39, 0.29) is 15.6 Å². The molecule has 1 amide bonds. The number of nitrogens with zero attached hydrogens (tertiary/aromatic N) is 1. The topological polar surface area (TPSA) is 93.2 Å². The standard InChI is InChI=1S/C17H18IN3O4/c1-2-13-12(18)8-14(25-13)21-9-11(16(23)20-17(21)24)15(22)19-10-6-4-3-5-7-10/h3-7,9,12-14H,2,8H2,1H3,(H,19,22)(H,20,23,24)/t12?,13-,14-/m1/s1. The van der Waals surface area contributed by atoms with Gasteiger partial charge in [0.1, 0.15) is 11.8 Å². The van der Waals surface area contributed by atoms with Gasteiger partial charge in [-0.15, -0.1) is 0 Å². The van der Waals surface area contributed by atoms with E-state index in [1.165, 1.54) is 10.8 Å². The van der Waals surface area contributed by atoms with Gasteiger partial charge in [0.05, 0.1) is 6.10 Å². The molecule has 2 heterocycles. The fourth-order valence-corrected chi connectivity index (χ4v) is 3.91. The van der Waals surface area contributed by atoms with E-state index >= 15 is 0 Å². The monoisotopic (exact) mass is 455 g/mol. The number of benzene rings is 1. The SMILES string of the molecule is CC[C@H]1O[C@@H](n2cc(C(=O)Nc3ccccc3)c(=O)[nH]c2=O)CC1I. The number of halogens is 1. The Kier molecular flexibility index (Phi) is 5.38. The second-order valence-electron chi connectivity index (χ2n) is 5.82. The van der Waals surface area contributed by atoms with Crippen LogP contribution in [0.3, 0.4) is 0 Å². The van der Waals surface area contributed by atoms with Crippen molar-refractivity contribution in [3.63, 3.8) is 0 Å². The van der Waals surface area contributed by atoms with Crippen molar-refractivity contribution in [1.29, 1.82) is 0 Å². The number of carbonyl (C=O) groups is 1.